The van der Waals surface area contributed by atoms with E-state index in [1.165, 1.54) is 0 Å². The lowest BCUT2D eigenvalue weighted by atomic mass is 10.1. The van der Waals surface area contributed by atoms with Crippen molar-refractivity contribution >= 4 is 17.3 Å². The molecule has 2 nitrogen and oxygen atoms in total. The third kappa shape index (κ3) is 2.00. The van der Waals surface area contributed by atoms with Crippen molar-refractivity contribution in [3.63, 3.8) is 0 Å². The van der Waals surface area contributed by atoms with E-state index in [2.05, 4.69) is 17.7 Å². The number of anilines is 1. The van der Waals surface area contributed by atoms with E-state index in [-0.39, 0.29) is 0 Å². The Hall–Kier alpha value is -1.41. The summed E-state index contributed by atoms with van der Waals surface area (Å²) < 4.78 is 2.07. The maximum atomic E-state index is 5.93. The van der Waals surface area contributed by atoms with Gasteiger partial charge in [0.05, 0.1) is 5.69 Å². The number of aryl methyl sites for hydroxylation is 1. The minimum Gasteiger partial charge on any atom is -0.397 e. The predicted molar refractivity (Wildman–Crippen MR) is 65.0 cm³/mol. The fourth-order valence-corrected chi connectivity index (χ4v) is 1.71. The molecule has 0 atom stereocenters. The molecule has 3 heteroatoms. The molecule has 1 heterocycles. The summed E-state index contributed by atoms with van der Waals surface area (Å²) >= 11 is 5.83. The highest BCUT2D eigenvalue weighted by Gasteiger charge is 2.05. The minimum atomic E-state index is 0.743. The Morgan fingerprint density at radius 3 is 2.40 bits per heavy atom. The first-order valence-corrected chi connectivity index (χ1v) is 5.29. The summed E-state index contributed by atoms with van der Waals surface area (Å²) in [7, 11) is 0. The van der Waals surface area contributed by atoms with E-state index in [0.29, 0.717) is 0 Å². The number of aromatic nitrogens is 1. The molecule has 0 aliphatic heterocycles. The molecule has 1 aromatic carbocycles. The van der Waals surface area contributed by atoms with E-state index >= 15 is 0 Å². The van der Waals surface area contributed by atoms with Gasteiger partial charge in [-0.3, -0.25) is 0 Å². The molecule has 15 heavy (non-hydrogen) atoms. The second-order valence-corrected chi connectivity index (χ2v) is 3.90. The van der Waals surface area contributed by atoms with E-state index in [1.54, 1.807) is 0 Å². The predicted octanol–water partition coefficient (Wildman–Crippen LogP) is 3.41. The molecule has 0 unspecified atom stereocenters. The fourth-order valence-electron chi connectivity index (χ4n) is 1.58. The Balaban J connectivity index is 2.44. The van der Waals surface area contributed by atoms with Gasteiger partial charge in [0.25, 0.3) is 0 Å². The third-order valence-electron chi connectivity index (χ3n) is 2.43. The summed E-state index contributed by atoms with van der Waals surface area (Å²) in [6.07, 6.45) is 4.00. The first-order chi connectivity index (χ1) is 7.20. The van der Waals surface area contributed by atoms with Crippen molar-refractivity contribution < 1.29 is 0 Å². The van der Waals surface area contributed by atoms with Crippen molar-refractivity contribution in [3.05, 3.63) is 41.7 Å². The SMILES string of the molecule is CCn1cc(N)c(-c2ccc(Cl)cc2)c1. The number of nitrogens with zero attached hydrogens (tertiary/aromatic N) is 1. The molecule has 2 aromatic rings. The van der Waals surface area contributed by atoms with E-state index in [0.717, 1.165) is 28.4 Å². The van der Waals surface area contributed by atoms with Crippen molar-refractivity contribution in [1.82, 2.24) is 4.57 Å². The van der Waals surface area contributed by atoms with Crippen LogP contribution in [0.1, 0.15) is 6.92 Å². The standard InChI is InChI=1S/C12H13ClN2/c1-2-15-7-11(12(14)8-15)9-3-5-10(13)6-4-9/h3-8H,2,14H2,1H3. The third-order valence-corrected chi connectivity index (χ3v) is 2.68. The Kier molecular flexibility index (Phi) is 2.69. The van der Waals surface area contributed by atoms with Gasteiger partial charge in [-0.25, -0.2) is 0 Å². The van der Waals surface area contributed by atoms with Crippen molar-refractivity contribution in [3.8, 4) is 11.1 Å². The lowest BCUT2D eigenvalue weighted by Gasteiger charge is -1.99. The monoisotopic (exact) mass is 220 g/mol. The Morgan fingerprint density at radius 2 is 1.87 bits per heavy atom. The zero-order chi connectivity index (χ0) is 10.8. The second-order valence-electron chi connectivity index (χ2n) is 3.46. The average Bonchev–Trinajstić information content (AvgIpc) is 2.61. The summed E-state index contributed by atoms with van der Waals surface area (Å²) in [5.41, 5.74) is 8.90. The molecule has 0 fully saturated rings. The molecule has 0 aliphatic carbocycles. The highest BCUT2D eigenvalue weighted by atomic mass is 35.5. The molecule has 0 saturated carbocycles. The van der Waals surface area contributed by atoms with Crippen LogP contribution in [-0.4, -0.2) is 4.57 Å². The molecule has 2 N–H and O–H groups in total. The fraction of sp³-hybridized carbons (Fsp3) is 0.167. The molecule has 0 amide bonds. The molecular weight excluding hydrogens is 208 g/mol. The van der Waals surface area contributed by atoms with Crippen LogP contribution in [0.5, 0.6) is 0 Å². The van der Waals surface area contributed by atoms with Gasteiger partial charge in [-0.1, -0.05) is 23.7 Å². The van der Waals surface area contributed by atoms with Gasteiger partial charge in [-0.15, -0.1) is 0 Å². The van der Waals surface area contributed by atoms with Crippen LogP contribution < -0.4 is 5.73 Å². The van der Waals surface area contributed by atoms with Crippen LogP contribution in [0.25, 0.3) is 11.1 Å². The first-order valence-electron chi connectivity index (χ1n) is 4.92. The molecule has 0 bridgehead atoms. The zero-order valence-corrected chi connectivity index (χ0v) is 9.33. The van der Waals surface area contributed by atoms with Crippen LogP contribution in [0.15, 0.2) is 36.7 Å². The maximum absolute atomic E-state index is 5.93. The van der Waals surface area contributed by atoms with Crippen molar-refractivity contribution in [2.75, 3.05) is 5.73 Å². The van der Waals surface area contributed by atoms with Crippen LogP contribution in [-0.2, 0) is 6.54 Å². The van der Waals surface area contributed by atoms with Gasteiger partial charge in [0.2, 0.25) is 0 Å². The molecule has 2 rings (SSSR count). The molecule has 0 spiro atoms. The van der Waals surface area contributed by atoms with Gasteiger partial charge in [0.1, 0.15) is 0 Å². The largest absolute Gasteiger partial charge is 0.397 e. The first kappa shape index (κ1) is 10.1. The second kappa shape index (κ2) is 3.99. The highest BCUT2D eigenvalue weighted by Crippen LogP contribution is 2.27. The lowest BCUT2D eigenvalue weighted by Crippen LogP contribution is -1.87. The van der Waals surface area contributed by atoms with Gasteiger partial charge >= 0.3 is 0 Å². The van der Waals surface area contributed by atoms with E-state index < -0.39 is 0 Å². The summed E-state index contributed by atoms with van der Waals surface area (Å²) in [5.74, 6) is 0. The van der Waals surface area contributed by atoms with E-state index in [9.17, 15) is 0 Å². The number of hydrogen-bond donors (Lipinski definition) is 1. The number of nitrogen functional groups attached to an aromatic ring is 1. The number of nitrogens with two attached hydrogens (primary N) is 1. The molecular formula is C12H13ClN2. The summed E-state index contributed by atoms with van der Waals surface area (Å²) in [6, 6.07) is 7.71. The average molecular weight is 221 g/mol. The van der Waals surface area contributed by atoms with Gasteiger partial charge in [0.15, 0.2) is 0 Å². The molecule has 1 aromatic heterocycles. The van der Waals surface area contributed by atoms with E-state index in [1.807, 2.05) is 30.5 Å². The van der Waals surface area contributed by atoms with Crippen LogP contribution in [0.3, 0.4) is 0 Å². The molecule has 0 saturated heterocycles. The van der Waals surface area contributed by atoms with Crippen molar-refractivity contribution in [2.45, 2.75) is 13.5 Å². The number of halogens is 1. The molecule has 0 radical (unpaired) electrons. The van der Waals surface area contributed by atoms with E-state index in [4.69, 9.17) is 17.3 Å². The zero-order valence-electron chi connectivity index (χ0n) is 8.57. The lowest BCUT2D eigenvalue weighted by molar-refractivity contribution is 0.770. The highest BCUT2D eigenvalue weighted by molar-refractivity contribution is 6.30. The van der Waals surface area contributed by atoms with Gasteiger partial charge in [-0.05, 0) is 24.6 Å². The molecule has 0 aliphatic rings. The van der Waals surface area contributed by atoms with Gasteiger partial charge < -0.3 is 10.3 Å². The number of rotatable bonds is 2. The minimum absolute atomic E-state index is 0.743. The summed E-state index contributed by atoms with van der Waals surface area (Å²) in [6.45, 7) is 3.02. The normalized spacial score (nSPS) is 10.5. The van der Waals surface area contributed by atoms with Crippen LogP contribution in [0.4, 0.5) is 5.69 Å². The van der Waals surface area contributed by atoms with Crippen LogP contribution in [0.2, 0.25) is 5.02 Å². The Bertz CT molecular complexity index is 457. The van der Waals surface area contributed by atoms with Crippen molar-refractivity contribution in [1.29, 1.82) is 0 Å². The molecule has 78 valence electrons. The Labute approximate surface area is 94.3 Å². The van der Waals surface area contributed by atoms with Crippen LogP contribution in [0, 0.1) is 0 Å². The maximum Gasteiger partial charge on any atom is 0.0573 e. The summed E-state index contributed by atoms with van der Waals surface area (Å²) in [4.78, 5) is 0. The smallest absolute Gasteiger partial charge is 0.0573 e. The number of hydrogen-bond acceptors (Lipinski definition) is 1. The summed E-state index contributed by atoms with van der Waals surface area (Å²) in [5, 5.41) is 0.743. The van der Waals surface area contributed by atoms with Gasteiger partial charge in [-0.2, -0.15) is 0 Å². The quantitative estimate of drug-likeness (QED) is 0.826. The van der Waals surface area contributed by atoms with Crippen molar-refractivity contribution in [2.24, 2.45) is 0 Å². The van der Waals surface area contributed by atoms with Crippen LogP contribution >= 0.6 is 11.6 Å². The topological polar surface area (TPSA) is 30.9 Å². The Morgan fingerprint density at radius 1 is 1.20 bits per heavy atom. The number of benzene rings is 1. The van der Waals surface area contributed by atoms with Gasteiger partial charge in [0, 0.05) is 29.5 Å².